The molecule has 0 aromatic heterocycles. The molecule has 0 bridgehead atoms. The molecule has 3 nitrogen and oxygen atoms in total. The van der Waals surface area contributed by atoms with Crippen molar-refractivity contribution >= 4 is 0 Å². The molecule has 0 spiro atoms. The zero-order chi connectivity index (χ0) is 13.0. The van der Waals surface area contributed by atoms with Gasteiger partial charge in [0.05, 0.1) is 6.10 Å². The number of piperidine rings is 1. The van der Waals surface area contributed by atoms with Gasteiger partial charge in [0.15, 0.2) is 0 Å². The van der Waals surface area contributed by atoms with Crippen molar-refractivity contribution < 1.29 is 5.11 Å². The lowest BCUT2D eigenvalue weighted by Gasteiger charge is -2.36. The number of aliphatic hydroxyl groups excluding tert-OH is 1. The highest BCUT2D eigenvalue weighted by molar-refractivity contribution is 5.25. The van der Waals surface area contributed by atoms with E-state index >= 15 is 0 Å². The predicted octanol–water partition coefficient (Wildman–Crippen LogP) is 1.71. The molecule has 1 heterocycles. The molecule has 3 heteroatoms. The summed E-state index contributed by atoms with van der Waals surface area (Å²) in [6.45, 7) is 4.69. The Bertz CT molecular complexity index is 355. The molecule has 1 aromatic rings. The van der Waals surface area contributed by atoms with Crippen LogP contribution in [-0.2, 0) is 6.42 Å². The minimum Gasteiger partial charge on any atom is -0.393 e. The Morgan fingerprint density at radius 3 is 2.39 bits per heavy atom. The monoisotopic (exact) mass is 248 g/mol. The van der Waals surface area contributed by atoms with Crippen LogP contribution in [0.3, 0.4) is 0 Å². The van der Waals surface area contributed by atoms with E-state index in [0.717, 1.165) is 32.4 Å². The summed E-state index contributed by atoms with van der Waals surface area (Å²) in [5.74, 6) is 0. The molecular weight excluding hydrogens is 224 g/mol. The van der Waals surface area contributed by atoms with E-state index in [9.17, 15) is 5.11 Å². The highest BCUT2D eigenvalue weighted by Gasteiger charge is 2.24. The number of nitrogens with two attached hydrogens (primary N) is 1. The fourth-order valence-electron chi connectivity index (χ4n) is 2.67. The molecule has 100 valence electrons. The lowest BCUT2D eigenvalue weighted by Crippen LogP contribution is -2.41. The van der Waals surface area contributed by atoms with E-state index in [2.05, 4.69) is 36.1 Å². The highest BCUT2D eigenvalue weighted by atomic mass is 16.3. The molecule has 1 atom stereocenters. The third-order valence-corrected chi connectivity index (χ3v) is 3.94. The van der Waals surface area contributed by atoms with Crippen LogP contribution in [0.1, 0.15) is 36.9 Å². The van der Waals surface area contributed by atoms with Crippen molar-refractivity contribution in [2.45, 2.75) is 38.3 Å². The smallest absolute Gasteiger partial charge is 0.0564 e. The van der Waals surface area contributed by atoms with Crippen molar-refractivity contribution in [2.75, 3.05) is 19.6 Å². The number of benzene rings is 1. The van der Waals surface area contributed by atoms with Gasteiger partial charge in [-0.15, -0.1) is 0 Å². The van der Waals surface area contributed by atoms with Gasteiger partial charge >= 0.3 is 0 Å². The third-order valence-electron chi connectivity index (χ3n) is 3.94. The SMILES string of the molecule is CCc1ccc(C(CN)N2CCC(O)CC2)cc1. The van der Waals surface area contributed by atoms with Gasteiger partial charge in [-0.05, 0) is 30.4 Å². The van der Waals surface area contributed by atoms with E-state index in [-0.39, 0.29) is 6.10 Å². The molecule has 0 saturated carbocycles. The van der Waals surface area contributed by atoms with E-state index in [1.165, 1.54) is 11.1 Å². The van der Waals surface area contributed by atoms with Gasteiger partial charge in [0.2, 0.25) is 0 Å². The maximum atomic E-state index is 9.56. The molecule has 0 aliphatic carbocycles. The van der Waals surface area contributed by atoms with E-state index in [0.29, 0.717) is 12.6 Å². The minimum atomic E-state index is -0.123. The Labute approximate surface area is 110 Å². The molecule has 18 heavy (non-hydrogen) atoms. The van der Waals surface area contributed by atoms with Crippen LogP contribution in [0, 0.1) is 0 Å². The molecular formula is C15H24N2O. The van der Waals surface area contributed by atoms with E-state index in [1.54, 1.807) is 0 Å². The summed E-state index contributed by atoms with van der Waals surface area (Å²) in [7, 11) is 0. The van der Waals surface area contributed by atoms with Gasteiger partial charge < -0.3 is 10.8 Å². The second-order valence-corrected chi connectivity index (χ2v) is 5.11. The first-order valence-corrected chi connectivity index (χ1v) is 6.95. The number of aliphatic hydroxyl groups is 1. The summed E-state index contributed by atoms with van der Waals surface area (Å²) >= 11 is 0. The number of likely N-dealkylation sites (tertiary alicyclic amines) is 1. The second kappa shape index (κ2) is 6.32. The maximum absolute atomic E-state index is 9.56. The molecule has 1 aliphatic rings. The van der Waals surface area contributed by atoms with E-state index in [4.69, 9.17) is 5.73 Å². The van der Waals surface area contributed by atoms with Gasteiger partial charge in [0, 0.05) is 25.7 Å². The molecule has 1 aliphatic heterocycles. The first-order chi connectivity index (χ1) is 8.74. The minimum absolute atomic E-state index is 0.123. The van der Waals surface area contributed by atoms with Crippen molar-refractivity contribution in [3.05, 3.63) is 35.4 Å². The van der Waals surface area contributed by atoms with Crippen LogP contribution in [0.15, 0.2) is 24.3 Å². The maximum Gasteiger partial charge on any atom is 0.0564 e. The Morgan fingerprint density at radius 1 is 1.28 bits per heavy atom. The van der Waals surface area contributed by atoms with Crippen molar-refractivity contribution in [2.24, 2.45) is 5.73 Å². The predicted molar refractivity (Wildman–Crippen MR) is 74.4 cm³/mol. The highest BCUT2D eigenvalue weighted by Crippen LogP contribution is 2.24. The van der Waals surface area contributed by atoms with Crippen molar-refractivity contribution in [1.82, 2.24) is 4.90 Å². The van der Waals surface area contributed by atoms with E-state index in [1.807, 2.05) is 0 Å². The first kappa shape index (κ1) is 13.5. The van der Waals surface area contributed by atoms with Gasteiger partial charge in [0.1, 0.15) is 0 Å². The lowest BCUT2D eigenvalue weighted by atomic mass is 9.99. The summed E-state index contributed by atoms with van der Waals surface area (Å²) in [6, 6.07) is 9.07. The van der Waals surface area contributed by atoms with Gasteiger partial charge in [0.25, 0.3) is 0 Å². The summed E-state index contributed by atoms with van der Waals surface area (Å²) in [6.07, 6.45) is 2.68. The molecule has 1 fully saturated rings. The molecule has 2 rings (SSSR count). The quantitative estimate of drug-likeness (QED) is 0.853. The van der Waals surface area contributed by atoms with Crippen LogP contribution in [-0.4, -0.2) is 35.7 Å². The topological polar surface area (TPSA) is 49.5 Å². The summed E-state index contributed by atoms with van der Waals surface area (Å²) in [4.78, 5) is 2.40. The Morgan fingerprint density at radius 2 is 1.89 bits per heavy atom. The van der Waals surface area contributed by atoms with Crippen molar-refractivity contribution in [3.8, 4) is 0 Å². The second-order valence-electron chi connectivity index (χ2n) is 5.11. The standard InChI is InChI=1S/C15H24N2O/c1-2-12-3-5-13(6-4-12)15(11-16)17-9-7-14(18)8-10-17/h3-6,14-15,18H,2,7-11,16H2,1H3. The number of hydrogen-bond donors (Lipinski definition) is 2. The van der Waals surface area contributed by atoms with Gasteiger partial charge in [-0.1, -0.05) is 31.2 Å². The zero-order valence-electron chi connectivity index (χ0n) is 11.2. The number of aryl methyl sites for hydroxylation is 1. The Hall–Kier alpha value is -0.900. The van der Waals surface area contributed by atoms with Crippen LogP contribution in [0.5, 0.6) is 0 Å². The normalized spacial score (nSPS) is 19.9. The summed E-state index contributed by atoms with van der Waals surface area (Å²) in [5.41, 5.74) is 8.60. The van der Waals surface area contributed by atoms with Crippen LogP contribution in [0.4, 0.5) is 0 Å². The van der Waals surface area contributed by atoms with Gasteiger partial charge in [-0.3, -0.25) is 4.90 Å². The average molecular weight is 248 g/mol. The molecule has 3 N–H and O–H groups in total. The number of hydrogen-bond acceptors (Lipinski definition) is 3. The lowest BCUT2D eigenvalue weighted by molar-refractivity contribution is 0.0622. The summed E-state index contributed by atoms with van der Waals surface area (Å²) in [5, 5.41) is 9.56. The fourth-order valence-corrected chi connectivity index (χ4v) is 2.67. The first-order valence-electron chi connectivity index (χ1n) is 6.95. The number of rotatable bonds is 4. The largest absolute Gasteiger partial charge is 0.393 e. The molecule has 1 aromatic carbocycles. The Kier molecular flexibility index (Phi) is 4.75. The van der Waals surface area contributed by atoms with Crippen molar-refractivity contribution in [3.63, 3.8) is 0 Å². The van der Waals surface area contributed by atoms with Gasteiger partial charge in [-0.25, -0.2) is 0 Å². The summed E-state index contributed by atoms with van der Waals surface area (Å²) < 4.78 is 0. The van der Waals surface area contributed by atoms with Crippen LogP contribution in [0.25, 0.3) is 0 Å². The van der Waals surface area contributed by atoms with Crippen molar-refractivity contribution in [1.29, 1.82) is 0 Å². The molecule has 0 amide bonds. The van der Waals surface area contributed by atoms with Crippen LogP contribution in [0.2, 0.25) is 0 Å². The molecule has 1 unspecified atom stereocenters. The molecule has 0 radical (unpaired) electrons. The molecule has 1 saturated heterocycles. The third kappa shape index (κ3) is 3.10. The van der Waals surface area contributed by atoms with Crippen LogP contribution < -0.4 is 5.73 Å². The zero-order valence-corrected chi connectivity index (χ0v) is 11.2. The van der Waals surface area contributed by atoms with E-state index < -0.39 is 0 Å². The van der Waals surface area contributed by atoms with Gasteiger partial charge in [-0.2, -0.15) is 0 Å². The fraction of sp³-hybridized carbons (Fsp3) is 0.600. The average Bonchev–Trinajstić information content (AvgIpc) is 2.42. The number of nitrogens with zero attached hydrogens (tertiary/aromatic N) is 1. The Balaban J connectivity index is 2.07. The van der Waals surface area contributed by atoms with Crippen LogP contribution >= 0.6 is 0 Å².